The fraction of sp³-hybridized carbons (Fsp3) is 0.533. The molecule has 0 aliphatic rings. The van der Waals surface area contributed by atoms with Crippen molar-refractivity contribution in [2.45, 2.75) is 40.2 Å². The summed E-state index contributed by atoms with van der Waals surface area (Å²) in [6.07, 6.45) is 3.70. The molecule has 1 unspecified atom stereocenters. The Balaban J connectivity index is 2.06. The largest absolute Gasteiger partial charge is 0.391 e. The summed E-state index contributed by atoms with van der Waals surface area (Å²) in [5, 5.41) is 17.4. The number of anilines is 1. The van der Waals surface area contributed by atoms with Gasteiger partial charge in [0.2, 0.25) is 0 Å². The minimum absolute atomic E-state index is 0.385. The van der Waals surface area contributed by atoms with E-state index < -0.39 is 0 Å². The van der Waals surface area contributed by atoms with Crippen LogP contribution in [-0.4, -0.2) is 37.5 Å². The molecule has 2 aromatic rings. The SMILES string of the molecule is Cc1cc(C)n(-c2cncc(NCC(O)CC(C)C)n2)n1. The Morgan fingerprint density at radius 3 is 2.67 bits per heavy atom. The molecule has 0 saturated carbocycles. The molecule has 0 aliphatic heterocycles. The zero-order valence-electron chi connectivity index (χ0n) is 13.0. The number of aliphatic hydroxyl groups excluding tert-OH is 1. The van der Waals surface area contributed by atoms with E-state index in [0.717, 1.165) is 17.8 Å². The van der Waals surface area contributed by atoms with Gasteiger partial charge in [0.25, 0.3) is 0 Å². The van der Waals surface area contributed by atoms with Gasteiger partial charge < -0.3 is 10.4 Å². The van der Waals surface area contributed by atoms with Crippen LogP contribution >= 0.6 is 0 Å². The first-order valence-corrected chi connectivity index (χ1v) is 7.23. The zero-order chi connectivity index (χ0) is 15.4. The molecule has 1 atom stereocenters. The van der Waals surface area contributed by atoms with Crippen LogP contribution < -0.4 is 5.32 Å². The second kappa shape index (κ2) is 6.67. The summed E-state index contributed by atoms with van der Waals surface area (Å²) in [7, 11) is 0. The third-order valence-corrected chi connectivity index (χ3v) is 3.11. The van der Waals surface area contributed by atoms with E-state index in [-0.39, 0.29) is 6.10 Å². The molecule has 0 bridgehead atoms. The Kier molecular flexibility index (Phi) is 4.90. The van der Waals surface area contributed by atoms with E-state index in [1.165, 1.54) is 0 Å². The summed E-state index contributed by atoms with van der Waals surface area (Å²) in [5.41, 5.74) is 1.96. The number of hydrogen-bond donors (Lipinski definition) is 2. The smallest absolute Gasteiger partial charge is 0.174 e. The van der Waals surface area contributed by atoms with Crippen molar-refractivity contribution in [2.24, 2.45) is 5.92 Å². The van der Waals surface area contributed by atoms with E-state index in [1.807, 2.05) is 19.9 Å². The van der Waals surface area contributed by atoms with Crippen LogP contribution in [0.3, 0.4) is 0 Å². The van der Waals surface area contributed by atoms with Gasteiger partial charge in [-0.1, -0.05) is 13.8 Å². The summed E-state index contributed by atoms with van der Waals surface area (Å²) in [4.78, 5) is 8.67. The number of aliphatic hydroxyl groups is 1. The fourth-order valence-electron chi connectivity index (χ4n) is 2.25. The quantitative estimate of drug-likeness (QED) is 0.851. The van der Waals surface area contributed by atoms with E-state index >= 15 is 0 Å². The molecule has 114 valence electrons. The molecule has 6 heteroatoms. The Bertz CT molecular complexity index is 593. The maximum Gasteiger partial charge on any atom is 0.174 e. The molecule has 0 saturated heterocycles. The fourth-order valence-corrected chi connectivity index (χ4v) is 2.25. The zero-order valence-corrected chi connectivity index (χ0v) is 13.0. The van der Waals surface area contributed by atoms with Crippen molar-refractivity contribution in [3.05, 3.63) is 29.8 Å². The van der Waals surface area contributed by atoms with Crippen LogP contribution in [0.4, 0.5) is 5.82 Å². The second-order valence-corrected chi connectivity index (χ2v) is 5.77. The van der Waals surface area contributed by atoms with Crippen LogP contribution in [0.25, 0.3) is 5.82 Å². The van der Waals surface area contributed by atoms with Gasteiger partial charge in [0.05, 0.1) is 24.2 Å². The average molecular weight is 289 g/mol. The summed E-state index contributed by atoms with van der Waals surface area (Å²) < 4.78 is 1.76. The topological polar surface area (TPSA) is 75.9 Å². The number of aromatic nitrogens is 4. The van der Waals surface area contributed by atoms with Gasteiger partial charge in [-0.25, -0.2) is 9.67 Å². The van der Waals surface area contributed by atoms with Crippen molar-refractivity contribution in [1.29, 1.82) is 0 Å². The Morgan fingerprint density at radius 1 is 1.29 bits per heavy atom. The number of aryl methyl sites for hydroxylation is 2. The van der Waals surface area contributed by atoms with Crippen LogP contribution in [-0.2, 0) is 0 Å². The molecule has 0 aromatic carbocycles. The lowest BCUT2D eigenvalue weighted by molar-refractivity contribution is 0.161. The van der Waals surface area contributed by atoms with E-state index in [4.69, 9.17) is 0 Å². The molecule has 0 spiro atoms. The van der Waals surface area contributed by atoms with E-state index in [2.05, 4.69) is 34.2 Å². The maximum atomic E-state index is 9.89. The van der Waals surface area contributed by atoms with Crippen LogP contribution in [0.2, 0.25) is 0 Å². The van der Waals surface area contributed by atoms with Gasteiger partial charge in [0.15, 0.2) is 5.82 Å². The van der Waals surface area contributed by atoms with Crippen LogP contribution in [0.15, 0.2) is 18.5 Å². The summed E-state index contributed by atoms with van der Waals surface area (Å²) >= 11 is 0. The van der Waals surface area contributed by atoms with E-state index in [1.54, 1.807) is 17.1 Å². The predicted molar refractivity (Wildman–Crippen MR) is 82.6 cm³/mol. The number of nitrogens with zero attached hydrogens (tertiary/aromatic N) is 4. The molecular formula is C15H23N5O. The summed E-state index contributed by atoms with van der Waals surface area (Å²) in [6.45, 7) is 8.57. The molecule has 6 nitrogen and oxygen atoms in total. The summed E-state index contributed by atoms with van der Waals surface area (Å²) in [5.74, 6) is 1.78. The van der Waals surface area contributed by atoms with Gasteiger partial charge >= 0.3 is 0 Å². The summed E-state index contributed by atoms with van der Waals surface area (Å²) in [6, 6.07) is 1.99. The lowest BCUT2D eigenvalue weighted by Crippen LogP contribution is -2.22. The van der Waals surface area contributed by atoms with Gasteiger partial charge in [0, 0.05) is 12.2 Å². The van der Waals surface area contributed by atoms with E-state index in [9.17, 15) is 5.11 Å². The van der Waals surface area contributed by atoms with Crippen molar-refractivity contribution < 1.29 is 5.11 Å². The first-order valence-electron chi connectivity index (χ1n) is 7.23. The molecule has 2 aromatic heterocycles. The molecule has 0 aliphatic carbocycles. The third-order valence-electron chi connectivity index (χ3n) is 3.11. The first-order chi connectivity index (χ1) is 9.95. The van der Waals surface area contributed by atoms with Crippen LogP contribution in [0.1, 0.15) is 31.7 Å². The highest BCUT2D eigenvalue weighted by Crippen LogP contribution is 2.11. The molecular weight excluding hydrogens is 266 g/mol. The van der Waals surface area contributed by atoms with Crippen molar-refractivity contribution in [3.63, 3.8) is 0 Å². The van der Waals surface area contributed by atoms with E-state index in [0.29, 0.717) is 24.1 Å². The molecule has 21 heavy (non-hydrogen) atoms. The Labute approximate surface area is 125 Å². The Hall–Kier alpha value is -1.95. The van der Waals surface area contributed by atoms with Crippen LogP contribution in [0, 0.1) is 19.8 Å². The molecule has 2 rings (SSSR count). The standard InChI is InChI=1S/C15H23N5O/c1-10(2)5-13(21)7-17-14-8-16-9-15(18-14)20-12(4)6-11(3)19-20/h6,8-10,13,21H,5,7H2,1-4H3,(H,17,18). The highest BCUT2D eigenvalue weighted by Gasteiger charge is 2.09. The average Bonchev–Trinajstić information content (AvgIpc) is 2.75. The van der Waals surface area contributed by atoms with Crippen molar-refractivity contribution in [3.8, 4) is 5.82 Å². The number of hydrogen-bond acceptors (Lipinski definition) is 5. The molecule has 2 N–H and O–H groups in total. The molecule has 2 heterocycles. The highest BCUT2D eigenvalue weighted by atomic mass is 16.3. The van der Waals surface area contributed by atoms with Crippen molar-refractivity contribution in [1.82, 2.24) is 19.7 Å². The van der Waals surface area contributed by atoms with Crippen molar-refractivity contribution in [2.75, 3.05) is 11.9 Å². The number of rotatable bonds is 6. The second-order valence-electron chi connectivity index (χ2n) is 5.77. The molecule has 0 radical (unpaired) electrons. The van der Waals surface area contributed by atoms with Gasteiger partial charge in [-0.2, -0.15) is 5.10 Å². The van der Waals surface area contributed by atoms with Gasteiger partial charge in [-0.15, -0.1) is 0 Å². The minimum Gasteiger partial charge on any atom is -0.391 e. The van der Waals surface area contributed by atoms with Gasteiger partial charge in [-0.05, 0) is 32.3 Å². The normalized spacial score (nSPS) is 12.7. The van der Waals surface area contributed by atoms with Gasteiger partial charge in [0.1, 0.15) is 5.82 Å². The van der Waals surface area contributed by atoms with Gasteiger partial charge in [-0.3, -0.25) is 4.98 Å². The maximum absolute atomic E-state index is 9.89. The molecule has 0 fully saturated rings. The van der Waals surface area contributed by atoms with Crippen molar-refractivity contribution >= 4 is 5.82 Å². The third kappa shape index (κ3) is 4.26. The Morgan fingerprint density at radius 2 is 2.05 bits per heavy atom. The lowest BCUT2D eigenvalue weighted by atomic mass is 10.1. The molecule has 0 amide bonds. The monoisotopic (exact) mass is 289 g/mol. The minimum atomic E-state index is -0.385. The predicted octanol–water partition coefficient (Wildman–Crippen LogP) is 2.10. The number of nitrogens with one attached hydrogen (secondary N) is 1. The first kappa shape index (κ1) is 15.4. The highest BCUT2D eigenvalue weighted by molar-refractivity contribution is 5.36. The lowest BCUT2D eigenvalue weighted by Gasteiger charge is -2.14. The van der Waals surface area contributed by atoms with Crippen LogP contribution in [0.5, 0.6) is 0 Å².